The van der Waals surface area contributed by atoms with E-state index in [1.54, 1.807) is 0 Å². The summed E-state index contributed by atoms with van der Waals surface area (Å²) < 4.78 is 0. The Labute approximate surface area is 133 Å². The van der Waals surface area contributed by atoms with Crippen LogP contribution < -0.4 is 11.1 Å². The molecule has 1 saturated heterocycles. The third-order valence-corrected chi connectivity index (χ3v) is 4.62. The van der Waals surface area contributed by atoms with Gasteiger partial charge in [-0.05, 0) is 51.3 Å². The predicted octanol–water partition coefficient (Wildman–Crippen LogP) is 3.31. The van der Waals surface area contributed by atoms with E-state index in [2.05, 4.69) is 30.1 Å². The first kappa shape index (κ1) is 16.2. The Balaban J connectivity index is 1.85. The molecule has 3 N–H and O–H groups in total. The molecule has 1 heterocycles. The molecule has 0 radical (unpaired) electrons. The van der Waals surface area contributed by atoms with Crippen LogP contribution in [0.1, 0.15) is 43.7 Å². The van der Waals surface area contributed by atoms with Crippen molar-refractivity contribution in [3.8, 4) is 0 Å². The summed E-state index contributed by atoms with van der Waals surface area (Å²) in [6, 6.07) is 6.83. The van der Waals surface area contributed by atoms with Crippen molar-refractivity contribution in [1.29, 1.82) is 0 Å². The molecule has 2 rings (SSSR count). The summed E-state index contributed by atoms with van der Waals surface area (Å²) in [5, 5.41) is 3.52. The molecule has 1 unspecified atom stereocenters. The summed E-state index contributed by atoms with van der Waals surface area (Å²) in [4.78, 5) is 3.07. The van der Waals surface area contributed by atoms with Gasteiger partial charge in [0.25, 0.3) is 0 Å². The molecule has 116 valence electrons. The summed E-state index contributed by atoms with van der Waals surface area (Å²) >= 11 is 5.14. The molecule has 0 spiro atoms. The lowest BCUT2D eigenvalue weighted by atomic mass is 10.0. The molecule has 1 aromatic carbocycles. The quantitative estimate of drug-likeness (QED) is 0.625. The second kappa shape index (κ2) is 7.76. The molecule has 1 fully saturated rings. The smallest absolute Gasteiger partial charge is 0.106 e. The normalized spacial score (nSPS) is 19.4. The van der Waals surface area contributed by atoms with Crippen LogP contribution in [0.25, 0.3) is 0 Å². The maximum atomic E-state index is 5.81. The average molecular weight is 305 g/mol. The first-order valence-corrected chi connectivity index (χ1v) is 8.37. The van der Waals surface area contributed by atoms with E-state index >= 15 is 0 Å². The van der Waals surface area contributed by atoms with Gasteiger partial charge in [0, 0.05) is 30.4 Å². The second-order valence-corrected chi connectivity index (χ2v) is 6.46. The highest BCUT2D eigenvalue weighted by atomic mass is 32.1. The third-order valence-electron chi connectivity index (χ3n) is 4.40. The number of nitrogens with zero attached hydrogens (tertiary/aromatic N) is 1. The fraction of sp³-hybridized carbons (Fsp3) is 0.588. The van der Waals surface area contributed by atoms with Crippen LogP contribution >= 0.6 is 12.2 Å². The van der Waals surface area contributed by atoms with E-state index < -0.39 is 0 Å². The Hall–Kier alpha value is -1.13. The molecule has 1 aromatic rings. The van der Waals surface area contributed by atoms with Gasteiger partial charge in [0.2, 0.25) is 0 Å². The van der Waals surface area contributed by atoms with E-state index in [-0.39, 0.29) is 0 Å². The Morgan fingerprint density at radius 3 is 2.95 bits per heavy atom. The number of likely N-dealkylation sites (tertiary alicyclic amines) is 1. The zero-order chi connectivity index (χ0) is 15.2. The summed E-state index contributed by atoms with van der Waals surface area (Å²) in [5.41, 5.74) is 9.06. The van der Waals surface area contributed by atoms with E-state index in [1.807, 2.05) is 12.1 Å². The molecule has 0 aromatic heterocycles. The molecule has 0 amide bonds. The van der Waals surface area contributed by atoms with Crippen LogP contribution in [0.3, 0.4) is 0 Å². The fourth-order valence-electron chi connectivity index (χ4n) is 3.09. The van der Waals surface area contributed by atoms with Crippen molar-refractivity contribution < 1.29 is 0 Å². The largest absolute Gasteiger partial charge is 0.389 e. The number of anilines is 1. The van der Waals surface area contributed by atoms with Gasteiger partial charge in [0.15, 0.2) is 0 Å². The molecule has 0 saturated carbocycles. The summed E-state index contributed by atoms with van der Waals surface area (Å²) in [5.74, 6) is 0. The van der Waals surface area contributed by atoms with Crippen LogP contribution in [0.15, 0.2) is 18.2 Å². The van der Waals surface area contributed by atoms with Crippen LogP contribution in [-0.4, -0.2) is 35.6 Å². The van der Waals surface area contributed by atoms with Crippen molar-refractivity contribution in [1.82, 2.24) is 4.90 Å². The Morgan fingerprint density at radius 1 is 1.43 bits per heavy atom. The Morgan fingerprint density at radius 2 is 2.24 bits per heavy atom. The van der Waals surface area contributed by atoms with E-state index in [9.17, 15) is 0 Å². The minimum absolute atomic E-state index is 0.464. The Kier molecular flexibility index (Phi) is 6.00. The van der Waals surface area contributed by atoms with Crippen LogP contribution in [0, 0.1) is 6.92 Å². The number of rotatable bonds is 6. The molecule has 1 aliphatic rings. The van der Waals surface area contributed by atoms with Gasteiger partial charge >= 0.3 is 0 Å². The molecule has 1 atom stereocenters. The van der Waals surface area contributed by atoms with Crippen molar-refractivity contribution in [3.05, 3.63) is 29.3 Å². The predicted molar refractivity (Wildman–Crippen MR) is 95.1 cm³/mol. The average Bonchev–Trinajstić information content (AvgIpc) is 2.46. The number of benzene rings is 1. The summed E-state index contributed by atoms with van der Waals surface area (Å²) in [6.45, 7) is 7.82. The molecular formula is C17H27N3S. The first-order chi connectivity index (χ1) is 10.1. The lowest BCUT2D eigenvalue weighted by Gasteiger charge is -2.33. The highest BCUT2D eigenvalue weighted by Crippen LogP contribution is 2.21. The highest BCUT2D eigenvalue weighted by Gasteiger charge is 2.17. The minimum Gasteiger partial charge on any atom is -0.389 e. The van der Waals surface area contributed by atoms with Crippen molar-refractivity contribution in [2.75, 3.05) is 25.0 Å². The lowest BCUT2D eigenvalue weighted by Crippen LogP contribution is -2.38. The van der Waals surface area contributed by atoms with Crippen LogP contribution in [-0.2, 0) is 0 Å². The molecule has 4 heteroatoms. The van der Waals surface area contributed by atoms with Crippen LogP contribution in [0.5, 0.6) is 0 Å². The SMILES string of the molecule is Cc1cccc(C(N)=S)c1NCCCN1CCCCC1C. The second-order valence-electron chi connectivity index (χ2n) is 6.02. The highest BCUT2D eigenvalue weighted by molar-refractivity contribution is 7.80. The summed E-state index contributed by atoms with van der Waals surface area (Å²) in [6.07, 6.45) is 5.23. The molecule has 21 heavy (non-hydrogen) atoms. The van der Waals surface area contributed by atoms with Gasteiger partial charge in [0.05, 0.1) is 0 Å². The van der Waals surface area contributed by atoms with Crippen molar-refractivity contribution in [3.63, 3.8) is 0 Å². The van der Waals surface area contributed by atoms with Gasteiger partial charge in [-0.15, -0.1) is 0 Å². The van der Waals surface area contributed by atoms with Gasteiger partial charge in [-0.2, -0.15) is 0 Å². The van der Waals surface area contributed by atoms with E-state index in [4.69, 9.17) is 18.0 Å². The van der Waals surface area contributed by atoms with Gasteiger partial charge in [-0.25, -0.2) is 0 Å². The number of hydrogen-bond acceptors (Lipinski definition) is 3. The number of para-hydroxylation sites is 1. The van der Waals surface area contributed by atoms with E-state index in [0.717, 1.165) is 30.3 Å². The zero-order valence-electron chi connectivity index (χ0n) is 13.2. The van der Waals surface area contributed by atoms with Crippen molar-refractivity contribution >= 4 is 22.9 Å². The lowest BCUT2D eigenvalue weighted by molar-refractivity contribution is 0.160. The third kappa shape index (κ3) is 4.42. The number of hydrogen-bond donors (Lipinski definition) is 2. The van der Waals surface area contributed by atoms with E-state index in [0.29, 0.717) is 4.99 Å². The molecule has 0 aliphatic carbocycles. The van der Waals surface area contributed by atoms with Gasteiger partial charge in [-0.1, -0.05) is 30.8 Å². The molecule has 0 bridgehead atoms. The molecular weight excluding hydrogens is 278 g/mol. The first-order valence-electron chi connectivity index (χ1n) is 7.97. The Bertz CT molecular complexity index is 487. The molecule has 3 nitrogen and oxygen atoms in total. The topological polar surface area (TPSA) is 41.3 Å². The number of aryl methyl sites for hydroxylation is 1. The van der Waals surface area contributed by atoms with E-state index in [1.165, 1.54) is 37.9 Å². The van der Waals surface area contributed by atoms with Crippen molar-refractivity contribution in [2.45, 2.75) is 45.6 Å². The number of nitrogens with one attached hydrogen (secondary N) is 1. The monoisotopic (exact) mass is 305 g/mol. The minimum atomic E-state index is 0.464. The van der Waals surface area contributed by atoms with Gasteiger partial charge in [-0.3, -0.25) is 0 Å². The van der Waals surface area contributed by atoms with Crippen molar-refractivity contribution in [2.24, 2.45) is 5.73 Å². The van der Waals surface area contributed by atoms with Gasteiger partial charge in [0.1, 0.15) is 4.99 Å². The zero-order valence-corrected chi connectivity index (χ0v) is 14.0. The number of nitrogens with two attached hydrogens (primary N) is 1. The molecule has 1 aliphatic heterocycles. The van der Waals surface area contributed by atoms with Gasteiger partial charge < -0.3 is 16.0 Å². The standard InChI is InChI=1S/C17H27N3S/c1-13-7-5-9-15(17(18)21)16(13)19-10-6-12-20-11-4-3-8-14(20)2/h5,7,9,14,19H,3-4,6,8,10-12H2,1-2H3,(H2,18,21). The maximum Gasteiger partial charge on any atom is 0.106 e. The fourth-order valence-corrected chi connectivity index (χ4v) is 3.26. The number of thiocarbonyl (C=S) groups is 1. The van der Waals surface area contributed by atoms with Crippen LogP contribution in [0.2, 0.25) is 0 Å². The van der Waals surface area contributed by atoms with Crippen LogP contribution in [0.4, 0.5) is 5.69 Å². The summed E-state index contributed by atoms with van der Waals surface area (Å²) in [7, 11) is 0. The number of piperidine rings is 1. The maximum absolute atomic E-state index is 5.81.